The molecule has 0 aliphatic heterocycles. The van der Waals surface area contributed by atoms with Crippen LogP contribution in [0.1, 0.15) is 24.2 Å². The summed E-state index contributed by atoms with van der Waals surface area (Å²) >= 11 is 3.22. The molecule has 0 spiro atoms. The van der Waals surface area contributed by atoms with E-state index in [1.807, 2.05) is 24.3 Å². The van der Waals surface area contributed by atoms with Crippen LogP contribution in [0.3, 0.4) is 0 Å². The number of hydrogen-bond donors (Lipinski definition) is 1. The summed E-state index contributed by atoms with van der Waals surface area (Å²) in [6.45, 7) is 5.32. The van der Waals surface area contributed by atoms with E-state index in [4.69, 9.17) is 0 Å². The second kappa shape index (κ2) is 6.77. The molecule has 124 valence electrons. The van der Waals surface area contributed by atoms with Crippen LogP contribution < -0.4 is 5.32 Å². The minimum absolute atomic E-state index is 0.275. The maximum atomic E-state index is 13.1. The van der Waals surface area contributed by atoms with Gasteiger partial charge in [-0.15, -0.1) is 0 Å². The Bertz CT molecular complexity index is 902. The number of aromatic nitrogens is 1. The lowest BCUT2D eigenvalue weighted by molar-refractivity contribution is 0.102. The van der Waals surface area contributed by atoms with Gasteiger partial charge in [0.05, 0.1) is 5.56 Å². The number of nitrogens with one attached hydrogen (secondary N) is 1. The van der Waals surface area contributed by atoms with Gasteiger partial charge in [-0.1, -0.05) is 13.8 Å². The van der Waals surface area contributed by atoms with Crippen LogP contribution in [0.4, 0.5) is 10.1 Å². The molecule has 1 aromatic heterocycles. The Morgan fingerprint density at radius 3 is 2.71 bits per heavy atom. The van der Waals surface area contributed by atoms with Gasteiger partial charge < -0.3 is 9.88 Å². The summed E-state index contributed by atoms with van der Waals surface area (Å²) in [6.07, 6.45) is 2.06. The average molecular weight is 389 g/mol. The molecule has 24 heavy (non-hydrogen) atoms. The van der Waals surface area contributed by atoms with Gasteiger partial charge in [-0.25, -0.2) is 4.39 Å². The molecule has 1 heterocycles. The molecular formula is C19H18BrFN2O. The Hall–Kier alpha value is -2.14. The summed E-state index contributed by atoms with van der Waals surface area (Å²) in [5.41, 5.74) is 2.25. The van der Waals surface area contributed by atoms with Crippen molar-refractivity contribution in [2.45, 2.75) is 20.4 Å². The topological polar surface area (TPSA) is 34.0 Å². The number of amides is 1. The van der Waals surface area contributed by atoms with Crippen LogP contribution in [-0.4, -0.2) is 10.5 Å². The molecule has 0 saturated carbocycles. The number of benzene rings is 2. The molecule has 3 rings (SSSR count). The van der Waals surface area contributed by atoms with Gasteiger partial charge in [-0.2, -0.15) is 0 Å². The highest BCUT2D eigenvalue weighted by atomic mass is 79.9. The largest absolute Gasteiger partial charge is 0.347 e. The fourth-order valence-corrected chi connectivity index (χ4v) is 3.23. The van der Waals surface area contributed by atoms with Crippen molar-refractivity contribution in [1.29, 1.82) is 0 Å². The van der Waals surface area contributed by atoms with E-state index < -0.39 is 0 Å². The zero-order valence-electron chi connectivity index (χ0n) is 13.5. The van der Waals surface area contributed by atoms with Crippen molar-refractivity contribution >= 4 is 38.4 Å². The number of carbonyl (C=O) groups is 1. The number of fused-ring (bicyclic) bond motifs is 1. The van der Waals surface area contributed by atoms with Crippen LogP contribution >= 0.6 is 15.9 Å². The first-order chi connectivity index (χ1) is 11.4. The van der Waals surface area contributed by atoms with Gasteiger partial charge in [0.1, 0.15) is 5.82 Å². The Morgan fingerprint density at radius 2 is 2.00 bits per heavy atom. The van der Waals surface area contributed by atoms with Crippen LogP contribution in [0, 0.1) is 11.7 Å². The lowest BCUT2D eigenvalue weighted by Crippen LogP contribution is -2.12. The molecular weight excluding hydrogens is 371 g/mol. The summed E-state index contributed by atoms with van der Waals surface area (Å²) in [5, 5.41) is 3.94. The predicted octanol–water partition coefficient (Wildman–Crippen LogP) is 5.45. The lowest BCUT2D eigenvalue weighted by Gasteiger charge is -2.10. The predicted molar refractivity (Wildman–Crippen MR) is 98.8 cm³/mol. The van der Waals surface area contributed by atoms with Crippen molar-refractivity contribution in [3.8, 4) is 0 Å². The zero-order chi connectivity index (χ0) is 17.3. The van der Waals surface area contributed by atoms with Crippen molar-refractivity contribution in [1.82, 2.24) is 4.57 Å². The van der Waals surface area contributed by atoms with E-state index in [1.165, 1.54) is 18.2 Å². The molecule has 0 bridgehead atoms. The Kier molecular flexibility index (Phi) is 4.71. The molecule has 0 fully saturated rings. The molecule has 1 N–H and O–H groups in total. The average Bonchev–Trinajstić information content (AvgIpc) is 2.88. The SMILES string of the molecule is CC(C)Cn1ccc2cc(NC(=O)c3ccc(F)cc3Br)ccc21. The Labute approximate surface area is 148 Å². The molecule has 0 saturated heterocycles. The molecule has 5 heteroatoms. The number of anilines is 1. The third kappa shape index (κ3) is 3.51. The Morgan fingerprint density at radius 1 is 1.21 bits per heavy atom. The summed E-state index contributed by atoms with van der Waals surface area (Å²) < 4.78 is 15.8. The first-order valence-corrected chi connectivity index (χ1v) is 8.58. The number of nitrogens with zero attached hydrogens (tertiary/aromatic N) is 1. The van der Waals surface area contributed by atoms with E-state index in [1.54, 1.807) is 0 Å². The van der Waals surface area contributed by atoms with E-state index in [9.17, 15) is 9.18 Å². The molecule has 2 aromatic carbocycles. The summed E-state index contributed by atoms with van der Waals surface area (Å²) in [7, 11) is 0. The Balaban J connectivity index is 1.83. The molecule has 3 nitrogen and oxygen atoms in total. The summed E-state index contributed by atoms with van der Waals surface area (Å²) in [4.78, 5) is 12.4. The second-order valence-corrected chi connectivity index (χ2v) is 7.07. The molecule has 3 aromatic rings. The standard InChI is InChI=1S/C19H18BrFN2O/c1-12(2)11-23-8-7-13-9-15(4-6-18(13)23)22-19(24)16-5-3-14(21)10-17(16)20/h3-10,12H,11H2,1-2H3,(H,22,24). The molecule has 0 unspecified atom stereocenters. The van der Waals surface area contributed by atoms with Crippen molar-refractivity contribution < 1.29 is 9.18 Å². The van der Waals surface area contributed by atoms with E-state index in [0.717, 1.165) is 17.4 Å². The minimum Gasteiger partial charge on any atom is -0.347 e. The fourth-order valence-electron chi connectivity index (χ4n) is 2.70. The van der Waals surface area contributed by atoms with E-state index in [2.05, 4.69) is 45.9 Å². The van der Waals surface area contributed by atoms with Gasteiger partial charge in [-0.05, 0) is 64.3 Å². The third-order valence-electron chi connectivity index (χ3n) is 3.77. The highest BCUT2D eigenvalue weighted by Gasteiger charge is 2.12. The van der Waals surface area contributed by atoms with Crippen LogP contribution in [-0.2, 0) is 6.54 Å². The number of rotatable bonds is 4. The van der Waals surface area contributed by atoms with E-state index in [0.29, 0.717) is 21.6 Å². The molecule has 0 aliphatic carbocycles. The van der Waals surface area contributed by atoms with Crippen LogP contribution in [0.15, 0.2) is 53.1 Å². The summed E-state index contributed by atoms with van der Waals surface area (Å²) in [6, 6.07) is 11.9. The fraction of sp³-hybridized carbons (Fsp3) is 0.211. The first kappa shape index (κ1) is 16.7. The molecule has 0 aliphatic rings. The minimum atomic E-state index is -0.383. The molecule has 1 amide bonds. The van der Waals surface area contributed by atoms with Gasteiger partial charge in [0.2, 0.25) is 0 Å². The second-order valence-electron chi connectivity index (χ2n) is 6.21. The number of halogens is 2. The van der Waals surface area contributed by atoms with Crippen molar-refractivity contribution in [3.63, 3.8) is 0 Å². The zero-order valence-corrected chi connectivity index (χ0v) is 15.1. The van der Waals surface area contributed by atoms with Crippen LogP contribution in [0.2, 0.25) is 0 Å². The monoisotopic (exact) mass is 388 g/mol. The van der Waals surface area contributed by atoms with Crippen LogP contribution in [0.5, 0.6) is 0 Å². The molecule has 0 atom stereocenters. The number of hydrogen-bond acceptors (Lipinski definition) is 1. The van der Waals surface area contributed by atoms with Gasteiger partial charge in [-0.3, -0.25) is 4.79 Å². The van der Waals surface area contributed by atoms with Gasteiger partial charge in [0.25, 0.3) is 5.91 Å². The maximum absolute atomic E-state index is 13.1. The van der Waals surface area contributed by atoms with Crippen molar-refractivity contribution in [2.75, 3.05) is 5.32 Å². The first-order valence-electron chi connectivity index (χ1n) is 7.79. The third-order valence-corrected chi connectivity index (χ3v) is 4.42. The van der Waals surface area contributed by atoms with Gasteiger partial charge in [0.15, 0.2) is 0 Å². The summed E-state index contributed by atoms with van der Waals surface area (Å²) in [5.74, 6) is -0.0926. The van der Waals surface area contributed by atoms with Crippen molar-refractivity contribution in [2.24, 2.45) is 5.92 Å². The smallest absolute Gasteiger partial charge is 0.256 e. The van der Waals surface area contributed by atoms with E-state index in [-0.39, 0.29) is 11.7 Å². The number of carbonyl (C=O) groups excluding carboxylic acids is 1. The lowest BCUT2D eigenvalue weighted by atomic mass is 10.2. The van der Waals surface area contributed by atoms with Crippen LogP contribution in [0.25, 0.3) is 10.9 Å². The normalized spacial score (nSPS) is 11.2. The van der Waals surface area contributed by atoms with Gasteiger partial charge in [0, 0.05) is 33.8 Å². The maximum Gasteiger partial charge on any atom is 0.256 e. The highest BCUT2D eigenvalue weighted by Crippen LogP contribution is 2.23. The highest BCUT2D eigenvalue weighted by molar-refractivity contribution is 9.10. The van der Waals surface area contributed by atoms with E-state index >= 15 is 0 Å². The van der Waals surface area contributed by atoms with Gasteiger partial charge >= 0.3 is 0 Å². The molecule has 0 radical (unpaired) electrons. The quantitative estimate of drug-likeness (QED) is 0.633. The van der Waals surface area contributed by atoms with Crippen molar-refractivity contribution in [3.05, 3.63) is 64.5 Å².